The van der Waals surface area contributed by atoms with E-state index in [1.165, 1.54) is 18.3 Å². The van der Waals surface area contributed by atoms with Crippen molar-refractivity contribution in [1.82, 2.24) is 4.98 Å². The van der Waals surface area contributed by atoms with E-state index in [1.807, 2.05) is 0 Å². The fourth-order valence-electron chi connectivity index (χ4n) is 0.686. The van der Waals surface area contributed by atoms with Crippen LogP contribution in [-0.4, -0.2) is 13.4 Å². The van der Waals surface area contributed by atoms with Gasteiger partial charge in [-0.3, -0.25) is 4.98 Å². The molecule has 0 fully saturated rings. The highest BCUT2D eigenvalue weighted by atomic mass is 32.3. The van der Waals surface area contributed by atoms with Crippen LogP contribution < -0.4 is 4.18 Å². The van der Waals surface area contributed by atoms with E-state index in [9.17, 15) is 12.3 Å². The fraction of sp³-hybridized carbons (Fsp3) is 0.167. The zero-order valence-corrected chi connectivity index (χ0v) is 7.01. The lowest BCUT2D eigenvalue weighted by molar-refractivity contribution is 0.440. The highest BCUT2D eigenvalue weighted by Crippen LogP contribution is 2.13. The summed E-state index contributed by atoms with van der Waals surface area (Å²) in [5.74, 6) is -0.0787. The Labute approximate surface area is 69.4 Å². The van der Waals surface area contributed by atoms with Crippen molar-refractivity contribution in [2.75, 3.05) is 0 Å². The zero-order valence-electron chi connectivity index (χ0n) is 6.19. The topological polar surface area (TPSA) is 56.3 Å². The minimum Gasteiger partial charge on any atom is -0.358 e. The van der Waals surface area contributed by atoms with Crippen molar-refractivity contribution in [2.45, 2.75) is 6.92 Å². The molecule has 0 aliphatic rings. The highest BCUT2D eigenvalue weighted by molar-refractivity contribution is 7.81. The molecule has 1 rings (SSSR count). The molecule has 0 unspecified atom stereocenters. The van der Waals surface area contributed by atoms with Crippen molar-refractivity contribution >= 4 is 10.5 Å². The van der Waals surface area contributed by atoms with Gasteiger partial charge in [0.1, 0.15) is 5.75 Å². The van der Waals surface area contributed by atoms with E-state index < -0.39 is 10.5 Å². The molecule has 12 heavy (non-hydrogen) atoms. The summed E-state index contributed by atoms with van der Waals surface area (Å²) in [6.45, 7) is 1.64. The summed E-state index contributed by atoms with van der Waals surface area (Å²) in [6, 6.07) is 2.57. The van der Waals surface area contributed by atoms with Crippen molar-refractivity contribution in [3.63, 3.8) is 0 Å². The second-order valence-corrected chi connectivity index (χ2v) is 3.06. The molecule has 6 heteroatoms. The Hall–Kier alpha value is -1.17. The van der Waals surface area contributed by atoms with Crippen molar-refractivity contribution in [2.24, 2.45) is 0 Å². The molecule has 0 amide bonds. The van der Waals surface area contributed by atoms with Gasteiger partial charge in [-0.1, -0.05) is 3.89 Å². The number of hydrogen-bond donors (Lipinski definition) is 0. The molecule has 1 heterocycles. The predicted molar refractivity (Wildman–Crippen MR) is 39.6 cm³/mol. The van der Waals surface area contributed by atoms with Gasteiger partial charge in [0.15, 0.2) is 0 Å². The van der Waals surface area contributed by atoms with E-state index in [0.29, 0.717) is 5.69 Å². The van der Waals surface area contributed by atoms with Gasteiger partial charge < -0.3 is 4.18 Å². The van der Waals surface area contributed by atoms with Gasteiger partial charge in [-0.2, -0.15) is 8.42 Å². The van der Waals surface area contributed by atoms with E-state index in [1.54, 1.807) is 6.92 Å². The molecular weight excluding hydrogens is 185 g/mol. The van der Waals surface area contributed by atoms with E-state index in [2.05, 4.69) is 9.17 Å². The largest absolute Gasteiger partial charge is 0.488 e. The molecule has 0 N–H and O–H groups in total. The molecule has 0 aliphatic heterocycles. The van der Waals surface area contributed by atoms with Crippen LogP contribution in [0.25, 0.3) is 0 Å². The minimum absolute atomic E-state index is 0.0787. The first-order valence-corrected chi connectivity index (χ1v) is 4.35. The van der Waals surface area contributed by atoms with Gasteiger partial charge in [0.25, 0.3) is 0 Å². The van der Waals surface area contributed by atoms with E-state index in [4.69, 9.17) is 0 Å². The van der Waals surface area contributed by atoms with E-state index in [0.717, 1.165) is 0 Å². The Morgan fingerprint density at radius 2 is 2.25 bits per heavy atom. The Morgan fingerprint density at radius 1 is 1.58 bits per heavy atom. The summed E-state index contributed by atoms with van der Waals surface area (Å²) in [7, 11) is -4.92. The summed E-state index contributed by atoms with van der Waals surface area (Å²) < 4.78 is 35.9. The standard InChI is InChI=1S/C6H6FNO3S/c1-5-4-6(2-3-8-5)11-12(7,9)10/h2-4H,1H3. The van der Waals surface area contributed by atoms with Gasteiger partial charge in [-0.15, -0.1) is 0 Å². The first-order chi connectivity index (χ1) is 5.47. The normalized spacial score (nSPS) is 11.2. The second-order valence-electron chi connectivity index (χ2n) is 2.11. The van der Waals surface area contributed by atoms with Gasteiger partial charge in [-0.25, -0.2) is 0 Å². The Morgan fingerprint density at radius 3 is 2.75 bits per heavy atom. The third-order valence-corrected chi connectivity index (χ3v) is 1.46. The minimum atomic E-state index is -4.92. The van der Waals surface area contributed by atoms with Crippen molar-refractivity contribution in [3.05, 3.63) is 24.0 Å². The number of nitrogens with zero attached hydrogens (tertiary/aromatic N) is 1. The molecule has 0 saturated heterocycles. The number of pyridine rings is 1. The lowest BCUT2D eigenvalue weighted by Crippen LogP contribution is -2.01. The zero-order chi connectivity index (χ0) is 9.19. The fourth-order valence-corrected chi connectivity index (χ4v) is 1.02. The van der Waals surface area contributed by atoms with Gasteiger partial charge >= 0.3 is 10.5 Å². The molecule has 1 aromatic rings. The van der Waals surface area contributed by atoms with Crippen molar-refractivity contribution < 1.29 is 16.5 Å². The van der Waals surface area contributed by atoms with Crippen LogP contribution in [0.1, 0.15) is 5.69 Å². The average molecular weight is 191 g/mol. The monoisotopic (exact) mass is 191 g/mol. The van der Waals surface area contributed by atoms with Crippen LogP contribution in [0.15, 0.2) is 18.3 Å². The molecule has 0 aliphatic carbocycles. The molecule has 0 spiro atoms. The number of halogens is 1. The summed E-state index contributed by atoms with van der Waals surface area (Å²) >= 11 is 0. The first-order valence-electron chi connectivity index (χ1n) is 3.04. The first kappa shape index (κ1) is 8.92. The van der Waals surface area contributed by atoms with Gasteiger partial charge in [-0.05, 0) is 6.92 Å². The molecule has 66 valence electrons. The molecule has 0 radical (unpaired) electrons. The summed E-state index contributed by atoms with van der Waals surface area (Å²) in [4.78, 5) is 3.77. The van der Waals surface area contributed by atoms with Crippen molar-refractivity contribution in [1.29, 1.82) is 0 Å². The number of aromatic nitrogens is 1. The number of rotatable bonds is 2. The number of aryl methyl sites for hydroxylation is 1. The summed E-state index contributed by atoms with van der Waals surface area (Å²) in [5, 5.41) is 0. The van der Waals surface area contributed by atoms with E-state index >= 15 is 0 Å². The molecule has 0 atom stereocenters. The molecule has 1 aromatic heterocycles. The van der Waals surface area contributed by atoms with Crippen LogP contribution >= 0.6 is 0 Å². The lowest BCUT2D eigenvalue weighted by atomic mass is 10.4. The van der Waals surface area contributed by atoms with Gasteiger partial charge in [0, 0.05) is 24.0 Å². The third kappa shape index (κ3) is 2.83. The van der Waals surface area contributed by atoms with Gasteiger partial charge in [0.05, 0.1) is 0 Å². The summed E-state index contributed by atoms with van der Waals surface area (Å²) in [5.41, 5.74) is 0.552. The lowest BCUT2D eigenvalue weighted by Gasteiger charge is -1.98. The maximum absolute atomic E-state index is 11.9. The highest BCUT2D eigenvalue weighted by Gasteiger charge is 2.08. The van der Waals surface area contributed by atoms with Gasteiger partial charge in [0.2, 0.25) is 0 Å². The maximum atomic E-state index is 11.9. The quantitative estimate of drug-likeness (QED) is 0.654. The van der Waals surface area contributed by atoms with Crippen LogP contribution in [0.5, 0.6) is 5.75 Å². The predicted octanol–water partition coefficient (Wildman–Crippen LogP) is 0.983. The SMILES string of the molecule is Cc1cc(OS(=O)(=O)F)ccn1. The maximum Gasteiger partial charge on any atom is 0.488 e. The Balaban J connectivity index is 2.91. The molecule has 0 aromatic carbocycles. The Kier molecular flexibility index (Phi) is 2.27. The van der Waals surface area contributed by atoms with Crippen LogP contribution in [0.3, 0.4) is 0 Å². The average Bonchev–Trinajstić information content (AvgIpc) is 1.82. The smallest absolute Gasteiger partial charge is 0.358 e. The van der Waals surface area contributed by atoms with Crippen LogP contribution in [0.4, 0.5) is 3.89 Å². The van der Waals surface area contributed by atoms with Crippen LogP contribution in [-0.2, 0) is 10.5 Å². The number of hydrogen-bond acceptors (Lipinski definition) is 4. The Bertz CT molecular complexity index is 376. The molecule has 4 nitrogen and oxygen atoms in total. The van der Waals surface area contributed by atoms with Crippen molar-refractivity contribution in [3.8, 4) is 5.75 Å². The van der Waals surface area contributed by atoms with Crippen LogP contribution in [0.2, 0.25) is 0 Å². The molecular formula is C6H6FNO3S. The molecule has 0 saturated carbocycles. The summed E-state index contributed by atoms with van der Waals surface area (Å²) in [6.07, 6.45) is 1.33. The molecule has 0 bridgehead atoms. The second kappa shape index (κ2) is 3.06. The third-order valence-electron chi connectivity index (χ3n) is 1.06. The van der Waals surface area contributed by atoms with Crippen LogP contribution in [0, 0.1) is 6.92 Å². The van der Waals surface area contributed by atoms with E-state index in [-0.39, 0.29) is 5.75 Å².